The minimum absolute atomic E-state index is 0.739. The van der Waals surface area contributed by atoms with Crippen molar-refractivity contribution in [3.05, 3.63) is 0 Å². The van der Waals surface area contributed by atoms with E-state index in [0.29, 0.717) is 0 Å². The van der Waals surface area contributed by atoms with Crippen molar-refractivity contribution < 1.29 is 0 Å². The minimum Gasteiger partial charge on any atom is -0.298 e. The maximum Gasteiger partial charge on any atom is 0.00979 e. The summed E-state index contributed by atoms with van der Waals surface area (Å²) in [5, 5.41) is 0. The first-order chi connectivity index (χ1) is 9.75. The molecule has 1 saturated carbocycles. The highest BCUT2D eigenvalue weighted by atomic mass is 15.2. The second kappa shape index (κ2) is 11.6. The minimum atomic E-state index is 0.739. The zero-order valence-electron chi connectivity index (χ0n) is 14.5. The molecule has 1 nitrogen and oxygen atoms in total. The summed E-state index contributed by atoms with van der Waals surface area (Å²) in [5.41, 5.74) is 0. The summed E-state index contributed by atoms with van der Waals surface area (Å²) in [5.74, 6) is 0. The molecule has 120 valence electrons. The molecule has 0 aromatic rings. The summed E-state index contributed by atoms with van der Waals surface area (Å²) in [7, 11) is 0. The molecule has 0 aromatic heterocycles. The van der Waals surface area contributed by atoms with E-state index in [2.05, 4.69) is 25.7 Å². The monoisotopic (exact) mass is 281 g/mol. The Morgan fingerprint density at radius 2 is 1.35 bits per heavy atom. The molecule has 0 N–H and O–H groups in total. The molecule has 1 fully saturated rings. The molecule has 0 saturated heterocycles. The molecule has 1 aliphatic carbocycles. The summed E-state index contributed by atoms with van der Waals surface area (Å²) in [6.45, 7) is 8.42. The predicted octanol–water partition coefficient (Wildman–Crippen LogP) is 6.17. The molecule has 0 aliphatic heterocycles. The van der Waals surface area contributed by atoms with Crippen LogP contribution in [-0.2, 0) is 0 Å². The van der Waals surface area contributed by atoms with E-state index < -0.39 is 0 Å². The van der Waals surface area contributed by atoms with Crippen LogP contribution in [-0.4, -0.2) is 23.5 Å². The predicted molar refractivity (Wildman–Crippen MR) is 91.3 cm³/mol. The molecule has 0 radical (unpaired) electrons. The van der Waals surface area contributed by atoms with E-state index in [4.69, 9.17) is 0 Å². The Balaban J connectivity index is 2.07. The van der Waals surface area contributed by atoms with Gasteiger partial charge in [0.2, 0.25) is 0 Å². The van der Waals surface area contributed by atoms with Crippen molar-refractivity contribution >= 4 is 0 Å². The summed E-state index contributed by atoms with van der Waals surface area (Å²) in [4.78, 5) is 2.80. The maximum absolute atomic E-state index is 2.80. The van der Waals surface area contributed by atoms with Gasteiger partial charge in [0, 0.05) is 12.1 Å². The third-order valence-electron chi connectivity index (χ3n) is 4.98. The Morgan fingerprint density at radius 3 is 1.90 bits per heavy atom. The third-order valence-corrected chi connectivity index (χ3v) is 4.98. The van der Waals surface area contributed by atoms with Crippen molar-refractivity contribution in [3.63, 3.8) is 0 Å². The zero-order chi connectivity index (χ0) is 14.6. The van der Waals surface area contributed by atoms with Crippen LogP contribution >= 0.6 is 0 Å². The topological polar surface area (TPSA) is 3.24 Å². The average Bonchev–Trinajstić information content (AvgIpc) is 2.46. The molecule has 0 amide bonds. The smallest absolute Gasteiger partial charge is 0.00979 e. The molecule has 1 heteroatoms. The lowest BCUT2D eigenvalue weighted by atomic mass is 9.93. The van der Waals surface area contributed by atoms with E-state index in [1.54, 1.807) is 0 Å². The van der Waals surface area contributed by atoms with Gasteiger partial charge in [0.25, 0.3) is 0 Å². The second-order valence-corrected chi connectivity index (χ2v) is 7.10. The van der Waals surface area contributed by atoms with Crippen molar-refractivity contribution in [2.75, 3.05) is 6.54 Å². The molecule has 0 aromatic carbocycles. The number of unbranched alkanes of at least 4 members (excludes halogenated alkanes) is 7. The van der Waals surface area contributed by atoms with E-state index in [0.717, 1.165) is 12.1 Å². The second-order valence-electron chi connectivity index (χ2n) is 7.10. The van der Waals surface area contributed by atoms with Crippen LogP contribution in [0.1, 0.15) is 104 Å². The van der Waals surface area contributed by atoms with Crippen molar-refractivity contribution in [3.8, 4) is 0 Å². The van der Waals surface area contributed by atoms with E-state index in [-0.39, 0.29) is 0 Å². The van der Waals surface area contributed by atoms with Gasteiger partial charge < -0.3 is 0 Å². The van der Waals surface area contributed by atoms with Gasteiger partial charge in [0.05, 0.1) is 0 Å². The third kappa shape index (κ3) is 7.67. The molecule has 0 unspecified atom stereocenters. The lowest BCUT2D eigenvalue weighted by Gasteiger charge is -2.37. The average molecular weight is 282 g/mol. The Bertz CT molecular complexity index is 206. The summed E-state index contributed by atoms with van der Waals surface area (Å²) < 4.78 is 0. The van der Waals surface area contributed by atoms with Crippen LogP contribution in [0.4, 0.5) is 0 Å². The standard InChI is InChI=1S/C19H39N/c1-4-5-6-7-8-9-10-14-17-20(18(2)3)19-15-12-11-13-16-19/h18-19H,4-17H2,1-3H3. The largest absolute Gasteiger partial charge is 0.298 e. The van der Waals surface area contributed by atoms with Gasteiger partial charge >= 0.3 is 0 Å². The Hall–Kier alpha value is -0.0400. The van der Waals surface area contributed by atoms with Crippen molar-refractivity contribution in [1.29, 1.82) is 0 Å². The van der Waals surface area contributed by atoms with Crippen LogP contribution in [0, 0.1) is 0 Å². The first kappa shape index (κ1) is 18.0. The zero-order valence-corrected chi connectivity index (χ0v) is 14.5. The fraction of sp³-hybridized carbons (Fsp3) is 1.00. The molecule has 1 aliphatic rings. The summed E-state index contributed by atoms with van der Waals surface area (Å²) in [6.07, 6.45) is 18.8. The SMILES string of the molecule is CCCCCCCCCCN(C(C)C)C1CCCCC1. The number of hydrogen-bond donors (Lipinski definition) is 0. The van der Waals surface area contributed by atoms with Crippen LogP contribution in [0.2, 0.25) is 0 Å². The van der Waals surface area contributed by atoms with Crippen LogP contribution in [0.15, 0.2) is 0 Å². The molecule has 20 heavy (non-hydrogen) atoms. The Morgan fingerprint density at radius 1 is 0.800 bits per heavy atom. The van der Waals surface area contributed by atoms with E-state index >= 15 is 0 Å². The van der Waals surface area contributed by atoms with Gasteiger partial charge in [0.1, 0.15) is 0 Å². The summed E-state index contributed by atoms with van der Waals surface area (Å²) >= 11 is 0. The fourth-order valence-electron chi connectivity index (χ4n) is 3.70. The van der Waals surface area contributed by atoms with Gasteiger partial charge in [-0.25, -0.2) is 0 Å². The van der Waals surface area contributed by atoms with Gasteiger partial charge in [-0.3, -0.25) is 4.90 Å². The molecule has 1 rings (SSSR count). The number of nitrogens with zero attached hydrogens (tertiary/aromatic N) is 1. The first-order valence-corrected chi connectivity index (χ1v) is 9.51. The molecule has 0 atom stereocenters. The molecular weight excluding hydrogens is 242 g/mol. The van der Waals surface area contributed by atoms with E-state index in [1.165, 1.54) is 90.0 Å². The van der Waals surface area contributed by atoms with Gasteiger partial charge in [-0.15, -0.1) is 0 Å². The molecule has 0 spiro atoms. The normalized spacial score (nSPS) is 17.2. The van der Waals surface area contributed by atoms with Gasteiger partial charge in [-0.2, -0.15) is 0 Å². The molecule has 0 heterocycles. The van der Waals surface area contributed by atoms with E-state index in [1.807, 2.05) is 0 Å². The van der Waals surface area contributed by atoms with Gasteiger partial charge in [-0.1, -0.05) is 71.1 Å². The van der Waals surface area contributed by atoms with Crippen LogP contribution in [0.5, 0.6) is 0 Å². The van der Waals surface area contributed by atoms with Gasteiger partial charge in [-0.05, 0) is 39.7 Å². The molecule has 0 bridgehead atoms. The van der Waals surface area contributed by atoms with Crippen LogP contribution < -0.4 is 0 Å². The Labute approximate surface area is 128 Å². The van der Waals surface area contributed by atoms with E-state index in [9.17, 15) is 0 Å². The van der Waals surface area contributed by atoms with Crippen molar-refractivity contribution in [1.82, 2.24) is 4.90 Å². The Kier molecular flexibility index (Phi) is 10.4. The van der Waals surface area contributed by atoms with Gasteiger partial charge in [0.15, 0.2) is 0 Å². The molecular formula is C19H39N. The highest BCUT2D eigenvalue weighted by Gasteiger charge is 2.22. The highest BCUT2D eigenvalue weighted by Crippen LogP contribution is 2.24. The fourth-order valence-corrected chi connectivity index (χ4v) is 3.70. The maximum atomic E-state index is 2.80. The van der Waals surface area contributed by atoms with Crippen LogP contribution in [0.25, 0.3) is 0 Å². The highest BCUT2D eigenvalue weighted by molar-refractivity contribution is 4.78. The van der Waals surface area contributed by atoms with Crippen molar-refractivity contribution in [2.24, 2.45) is 0 Å². The van der Waals surface area contributed by atoms with Crippen molar-refractivity contribution in [2.45, 2.75) is 116 Å². The first-order valence-electron chi connectivity index (χ1n) is 9.51. The lowest BCUT2D eigenvalue weighted by Crippen LogP contribution is -2.42. The lowest BCUT2D eigenvalue weighted by molar-refractivity contribution is 0.118. The quantitative estimate of drug-likeness (QED) is 0.409. The number of rotatable bonds is 11. The van der Waals surface area contributed by atoms with Crippen LogP contribution in [0.3, 0.4) is 0 Å². The number of hydrogen-bond acceptors (Lipinski definition) is 1. The summed E-state index contributed by atoms with van der Waals surface area (Å²) in [6, 6.07) is 1.64.